The number of aromatic carboxylic acids is 1. The molecular weight excluding hydrogens is 282 g/mol. The van der Waals surface area contributed by atoms with Crippen LogP contribution in [0.4, 0.5) is 0 Å². The maximum atomic E-state index is 12.1. The molecule has 1 aromatic heterocycles. The van der Waals surface area contributed by atoms with Gasteiger partial charge in [-0.25, -0.2) is 18.2 Å². The van der Waals surface area contributed by atoms with Gasteiger partial charge >= 0.3 is 5.97 Å². The summed E-state index contributed by atoms with van der Waals surface area (Å²) in [7, 11) is -3.26. The second-order valence-electron chi connectivity index (χ2n) is 4.86. The number of hydrogen-bond donors (Lipinski definition) is 1. The molecule has 1 aliphatic rings. The van der Waals surface area contributed by atoms with Gasteiger partial charge in [0.1, 0.15) is 10.8 Å². The number of oxazole rings is 1. The third-order valence-electron chi connectivity index (χ3n) is 3.52. The highest BCUT2D eigenvalue weighted by Gasteiger charge is 2.34. The van der Waals surface area contributed by atoms with Gasteiger partial charge in [-0.05, 0) is 25.0 Å². The van der Waals surface area contributed by atoms with Crippen LogP contribution in [0.5, 0.6) is 0 Å². The Bertz CT molecular complexity index is 777. The molecule has 1 aliphatic heterocycles. The van der Waals surface area contributed by atoms with Crippen LogP contribution in [0.2, 0.25) is 0 Å². The first-order chi connectivity index (χ1) is 9.49. The van der Waals surface area contributed by atoms with Gasteiger partial charge in [-0.15, -0.1) is 0 Å². The molecule has 3 rings (SSSR count). The average Bonchev–Trinajstić information content (AvgIpc) is 2.80. The Morgan fingerprint density at radius 2 is 2.15 bits per heavy atom. The van der Waals surface area contributed by atoms with Crippen LogP contribution in [0.25, 0.3) is 11.1 Å². The van der Waals surface area contributed by atoms with E-state index < -0.39 is 21.1 Å². The standard InChI is InChI=1S/C13H13NO5S/c15-13(16)8-4-3-5-9-11(8)14-12(19-9)10-6-1-2-7-20(10,17)18/h3-5,10H,1-2,6-7H2,(H,15,16). The van der Waals surface area contributed by atoms with Crippen molar-refractivity contribution in [3.8, 4) is 0 Å². The van der Waals surface area contributed by atoms with Crippen LogP contribution in [0.3, 0.4) is 0 Å². The van der Waals surface area contributed by atoms with Gasteiger partial charge < -0.3 is 9.52 Å². The van der Waals surface area contributed by atoms with E-state index in [4.69, 9.17) is 9.52 Å². The number of fused-ring (bicyclic) bond motifs is 1. The van der Waals surface area contributed by atoms with Gasteiger partial charge in [0.05, 0.1) is 11.3 Å². The molecule has 1 N–H and O–H groups in total. The summed E-state index contributed by atoms with van der Waals surface area (Å²) in [5, 5.41) is 8.35. The number of nitrogens with zero attached hydrogens (tertiary/aromatic N) is 1. The van der Waals surface area contributed by atoms with E-state index in [1.165, 1.54) is 6.07 Å². The normalized spacial score (nSPS) is 21.9. The number of rotatable bonds is 2. The van der Waals surface area contributed by atoms with Gasteiger partial charge in [-0.2, -0.15) is 0 Å². The Balaban J connectivity index is 2.14. The zero-order chi connectivity index (χ0) is 14.3. The predicted molar refractivity (Wildman–Crippen MR) is 71.3 cm³/mol. The second kappa shape index (κ2) is 4.59. The molecule has 0 radical (unpaired) electrons. The molecule has 6 nitrogen and oxygen atoms in total. The fourth-order valence-corrected chi connectivity index (χ4v) is 4.33. The molecule has 0 bridgehead atoms. The Morgan fingerprint density at radius 1 is 1.35 bits per heavy atom. The van der Waals surface area contributed by atoms with E-state index in [9.17, 15) is 13.2 Å². The number of hydrogen-bond acceptors (Lipinski definition) is 5. The molecule has 1 saturated heterocycles. The first-order valence-electron chi connectivity index (χ1n) is 6.33. The van der Waals surface area contributed by atoms with Crippen LogP contribution in [-0.4, -0.2) is 30.2 Å². The van der Waals surface area contributed by atoms with Crippen molar-refractivity contribution in [3.05, 3.63) is 29.7 Å². The summed E-state index contributed by atoms with van der Waals surface area (Å²) in [5.74, 6) is -0.877. The third kappa shape index (κ3) is 2.07. The molecular formula is C13H13NO5S. The summed E-state index contributed by atoms with van der Waals surface area (Å²) < 4.78 is 29.6. The first kappa shape index (κ1) is 13.1. The molecule has 0 amide bonds. The number of benzene rings is 1. The molecule has 0 saturated carbocycles. The van der Waals surface area contributed by atoms with Crippen LogP contribution in [-0.2, 0) is 9.84 Å². The minimum absolute atomic E-state index is 0.0192. The lowest BCUT2D eigenvalue weighted by Crippen LogP contribution is -2.21. The highest BCUT2D eigenvalue weighted by Crippen LogP contribution is 2.34. The molecule has 0 aliphatic carbocycles. The van der Waals surface area contributed by atoms with Gasteiger partial charge in [0.15, 0.2) is 15.4 Å². The monoisotopic (exact) mass is 295 g/mol. The Morgan fingerprint density at radius 3 is 2.85 bits per heavy atom. The van der Waals surface area contributed by atoms with E-state index in [2.05, 4.69) is 4.98 Å². The van der Waals surface area contributed by atoms with Gasteiger partial charge in [0.2, 0.25) is 5.89 Å². The Labute approximate surface area is 115 Å². The molecule has 1 aromatic carbocycles. The molecule has 1 unspecified atom stereocenters. The smallest absolute Gasteiger partial charge is 0.338 e. The topological polar surface area (TPSA) is 97.5 Å². The van der Waals surface area contributed by atoms with E-state index >= 15 is 0 Å². The maximum Gasteiger partial charge on any atom is 0.338 e. The molecule has 1 fully saturated rings. The summed E-state index contributed by atoms with van der Waals surface area (Å²) in [6, 6.07) is 4.57. The number of sulfone groups is 1. The molecule has 106 valence electrons. The fraction of sp³-hybridized carbons (Fsp3) is 0.385. The summed E-state index contributed by atoms with van der Waals surface area (Å²) >= 11 is 0. The summed E-state index contributed by atoms with van der Waals surface area (Å²) in [6.45, 7) is 0. The minimum Gasteiger partial charge on any atom is -0.478 e. The van der Waals surface area contributed by atoms with Crippen molar-refractivity contribution in [3.63, 3.8) is 0 Å². The number of carbonyl (C=O) groups is 1. The lowest BCUT2D eigenvalue weighted by molar-refractivity contribution is 0.0699. The average molecular weight is 295 g/mol. The van der Waals surface area contributed by atoms with E-state index in [-0.39, 0.29) is 22.7 Å². The Hall–Kier alpha value is -1.89. The highest BCUT2D eigenvalue weighted by molar-refractivity contribution is 7.91. The van der Waals surface area contributed by atoms with Crippen molar-refractivity contribution in [1.29, 1.82) is 0 Å². The van der Waals surface area contributed by atoms with E-state index in [1.54, 1.807) is 12.1 Å². The molecule has 2 aromatic rings. The number of para-hydroxylation sites is 1. The minimum atomic E-state index is -3.26. The van der Waals surface area contributed by atoms with Crippen molar-refractivity contribution in [1.82, 2.24) is 4.98 Å². The van der Waals surface area contributed by atoms with Gasteiger partial charge in [0.25, 0.3) is 0 Å². The van der Waals surface area contributed by atoms with Crippen molar-refractivity contribution in [2.75, 3.05) is 5.75 Å². The second-order valence-corrected chi connectivity index (χ2v) is 7.16. The summed E-state index contributed by atoms with van der Waals surface area (Å²) in [6.07, 6.45) is 1.92. The van der Waals surface area contributed by atoms with E-state index in [0.29, 0.717) is 18.4 Å². The zero-order valence-corrected chi connectivity index (χ0v) is 11.4. The largest absolute Gasteiger partial charge is 0.478 e. The summed E-state index contributed by atoms with van der Waals surface area (Å²) in [4.78, 5) is 15.3. The fourth-order valence-electron chi connectivity index (χ4n) is 2.51. The van der Waals surface area contributed by atoms with Crippen LogP contribution in [0.15, 0.2) is 22.6 Å². The van der Waals surface area contributed by atoms with Crippen LogP contribution in [0.1, 0.15) is 40.8 Å². The molecule has 1 atom stereocenters. The number of carboxylic acid groups (broad SMARTS) is 1. The van der Waals surface area contributed by atoms with Gasteiger partial charge in [0, 0.05) is 0 Å². The summed E-state index contributed by atoms with van der Waals surface area (Å²) in [5.41, 5.74) is 0.530. The molecule has 20 heavy (non-hydrogen) atoms. The SMILES string of the molecule is O=C(O)c1cccc2oc(C3CCCCS3(=O)=O)nc12. The van der Waals surface area contributed by atoms with Gasteiger partial charge in [-0.1, -0.05) is 12.5 Å². The van der Waals surface area contributed by atoms with E-state index in [1.807, 2.05) is 0 Å². The van der Waals surface area contributed by atoms with Crippen molar-refractivity contribution in [2.45, 2.75) is 24.5 Å². The van der Waals surface area contributed by atoms with Crippen LogP contribution < -0.4 is 0 Å². The van der Waals surface area contributed by atoms with Crippen LogP contribution >= 0.6 is 0 Å². The lowest BCUT2D eigenvalue weighted by Gasteiger charge is -2.18. The molecule has 7 heteroatoms. The zero-order valence-electron chi connectivity index (χ0n) is 10.6. The van der Waals surface area contributed by atoms with Crippen molar-refractivity contribution in [2.24, 2.45) is 0 Å². The molecule has 2 heterocycles. The van der Waals surface area contributed by atoms with Crippen molar-refractivity contribution < 1.29 is 22.7 Å². The maximum absolute atomic E-state index is 12.1. The van der Waals surface area contributed by atoms with Crippen molar-refractivity contribution >= 4 is 26.9 Å². The third-order valence-corrected chi connectivity index (χ3v) is 5.68. The molecule has 0 spiro atoms. The van der Waals surface area contributed by atoms with Gasteiger partial charge in [-0.3, -0.25) is 0 Å². The van der Waals surface area contributed by atoms with Crippen LogP contribution in [0, 0.1) is 0 Å². The highest BCUT2D eigenvalue weighted by atomic mass is 32.2. The quantitative estimate of drug-likeness (QED) is 0.911. The first-order valence-corrected chi connectivity index (χ1v) is 8.05. The number of carboxylic acids is 1. The Kier molecular flexibility index (Phi) is 3.01. The van der Waals surface area contributed by atoms with E-state index in [0.717, 1.165) is 6.42 Å². The lowest BCUT2D eigenvalue weighted by atomic mass is 10.2. The predicted octanol–water partition coefficient (Wildman–Crippen LogP) is 2.17. The number of aromatic nitrogens is 1.